The lowest BCUT2D eigenvalue weighted by atomic mass is 10.1. The smallest absolute Gasteiger partial charge is 0.257 e. The maximum absolute atomic E-state index is 11.4. The van der Waals surface area contributed by atoms with E-state index in [1.54, 1.807) is 37.7 Å². The first-order valence-electron chi connectivity index (χ1n) is 8.70. The molecule has 0 bridgehead atoms. The average molecular weight is 427 g/mol. The molecule has 0 aliphatic rings. The highest BCUT2D eigenvalue weighted by molar-refractivity contribution is 5.67. The van der Waals surface area contributed by atoms with Gasteiger partial charge in [0.1, 0.15) is 11.6 Å². The van der Waals surface area contributed by atoms with Crippen molar-refractivity contribution in [1.29, 1.82) is 0 Å². The van der Waals surface area contributed by atoms with E-state index in [0.29, 0.717) is 28.8 Å². The number of nitrogens with two attached hydrogens (primary N) is 2. The van der Waals surface area contributed by atoms with Crippen molar-refractivity contribution in [2.45, 2.75) is 28.7 Å². The van der Waals surface area contributed by atoms with E-state index >= 15 is 0 Å². The second-order valence-corrected chi connectivity index (χ2v) is 6.40. The number of nitrogens with zero attached hydrogens (tertiary/aromatic N) is 3. The molecule has 10 nitrogen and oxygen atoms in total. The number of nitrogen functional groups attached to an aromatic ring is 2. The zero-order valence-corrected chi connectivity index (χ0v) is 16.3. The molecule has 4 aromatic rings. The fourth-order valence-corrected chi connectivity index (χ4v) is 2.65. The predicted octanol–water partition coefficient (Wildman–Crippen LogP) is 3.30. The van der Waals surface area contributed by atoms with E-state index < -0.39 is 0 Å². The van der Waals surface area contributed by atoms with Crippen molar-refractivity contribution in [2.75, 3.05) is 18.6 Å². The molecule has 7 N–H and O–H groups in total. The number of pyridine rings is 2. The maximum atomic E-state index is 11.4. The molecule has 0 aliphatic heterocycles. The SMILES string of the molecule is C.C.COc1ncc(C)cc1-c1cc(N)n[nH]1.Cc1c[nH]c(=O)c(-c2cc(N)n[nH]2)c1. The lowest BCUT2D eigenvalue weighted by molar-refractivity contribution is 0.399. The van der Waals surface area contributed by atoms with Crippen LogP contribution in [0.1, 0.15) is 26.0 Å². The van der Waals surface area contributed by atoms with Crippen LogP contribution in [0.2, 0.25) is 0 Å². The van der Waals surface area contributed by atoms with E-state index in [-0.39, 0.29) is 20.4 Å². The molecule has 31 heavy (non-hydrogen) atoms. The van der Waals surface area contributed by atoms with Gasteiger partial charge in [-0.2, -0.15) is 10.2 Å². The van der Waals surface area contributed by atoms with Crippen LogP contribution in [0.4, 0.5) is 11.6 Å². The lowest BCUT2D eigenvalue weighted by Crippen LogP contribution is -2.08. The van der Waals surface area contributed by atoms with Gasteiger partial charge in [0.05, 0.1) is 29.6 Å². The molecule has 10 heteroatoms. The van der Waals surface area contributed by atoms with Crippen molar-refractivity contribution in [3.63, 3.8) is 0 Å². The minimum Gasteiger partial charge on any atom is -0.481 e. The van der Waals surface area contributed by atoms with Crippen molar-refractivity contribution in [1.82, 2.24) is 30.4 Å². The number of H-pyrrole nitrogens is 3. The van der Waals surface area contributed by atoms with Crippen LogP contribution in [0.15, 0.2) is 41.5 Å². The Bertz CT molecular complexity index is 1180. The van der Waals surface area contributed by atoms with Crippen LogP contribution in [0.5, 0.6) is 5.88 Å². The predicted molar refractivity (Wildman–Crippen MR) is 125 cm³/mol. The number of ether oxygens (including phenoxy) is 1. The van der Waals surface area contributed by atoms with E-state index in [1.165, 1.54) is 0 Å². The molecule has 0 saturated heterocycles. The summed E-state index contributed by atoms with van der Waals surface area (Å²) in [7, 11) is 1.58. The van der Waals surface area contributed by atoms with Crippen LogP contribution in [0, 0.1) is 13.8 Å². The summed E-state index contributed by atoms with van der Waals surface area (Å²) in [5.41, 5.74) is 15.7. The van der Waals surface area contributed by atoms with Gasteiger partial charge in [0.2, 0.25) is 5.88 Å². The number of hydrogen-bond acceptors (Lipinski definition) is 7. The summed E-state index contributed by atoms with van der Waals surface area (Å²) in [5, 5.41) is 13.2. The van der Waals surface area contributed by atoms with Gasteiger partial charge < -0.3 is 21.2 Å². The summed E-state index contributed by atoms with van der Waals surface area (Å²) < 4.78 is 5.16. The molecule has 0 aromatic carbocycles. The van der Waals surface area contributed by atoms with Gasteiger partial charge in [-0.15, -0.1) is 0 Å². The molecular formula is C21H30N8O2. The normalized spacial score (nSPS) is 9.65. The molecular weight excluding hydrogens is 396 g/mol. The molecule has 0 saturated carbocycles. The van der Waals surface area contributed by atoms with Gasteiger partial charge in [0.15, 0.2) is 0 Å². The minimum atomic E-state index is -0.153. The van der Waals surface area contributed by atoms with E-state index in [9.17, 15) is 4.79 Å². The third-order valence-electron chi connectivity index (χ3n) is 4.00. The van der Waals surface area contributed by atoms with Gasteiger partial charge in [-0.05, 0) is 37.1 Å². The van der Waals surface area contributed by atoms with Crippen LogP contribution in [0.25, 0.3) is 22.5 Å². The largest absolute Gasteiger partial charge is 0.481 e. The fourth-order valence-electron chi connectivity index (χ4n) is 2.65. The number of anilines is 2. The van der Waals surface area contributed by atoms with Gasteiger partial charge in [0.25, 0.3) is 5.56 Å². The highest BCUT2D eigenvalue weighted by Crippen LogP contribution is 2.27. The number of aryl methyl sites for hydroxylation is 2. The van der Waals surface area contributed by atoms with Crippen LogP contribution in [0.3, 0.4) is 0 Å². The number of aromatic nitrogens is 6. The van der Waals surface area contributed by atoms with Crippen LogP contribution in [-0.4, -0.2) is 37.5 Å². The fraction of sp³-hybridized carbons (Fsp3) is 0.238. The zero-order valence-electron chi connectivity index (χ0n) is 16.3. The quantitative estimate of drug-likeness (QED) is 0.335. The Labute approximate surface area is 181 Å². The first kappa shape index (κ1) is 25.0. The molecule has 0 aliphatic carbocycles. The van der Waals surface area contributed by atoms with E-state index in [0.717, 1.165) is 22.4 Å². The van der Waals surface area contributed by atoms with Crippen molar-refractivity contribution < 1.29 is 4.74 Å². The Hall–Kier alpha value is -4.08. The van der Waals surface area contributed by atoms with Crippen molar-refractivity contribution in [3.8, 4) is 28.4 Å². The van der Waals surface area contributed by atoms with Gasteiger partial charge >= 0.3 is 0 Å². The summed E-state index contributed by atoms with van der Waals surface area (Å²) in [4.78, 5) is 18.2. The number of aromatic amines is 3. The summed E-state index contributed by atoms with van der Waals surface area (Å²) in [6.45, 7) is 3.87. The molecule has 4 rings (SSSR count). The van der Waals surface area contributed by atoms with Gasteiger partial charge in [-0.1, -0.05) is 14.9 Å². The number of nitrogens with one attached hydrogen (secondary N) is 3. The summed E-state index contributed by atoms with van der Waals surface area (Å²) in [6.07, 6.45) is 3.41. The molecule has 0 spiro atoms. The third-order valence-corrected chi connectivity index (χ3v) is 4.00. The molecule has 0 atom stereocenters. The molecule has 0 unspecified atom stereocenters. The van der Waals surface area contributed by atoms with E-state index in [2.05, 4.69) is 30.4 Å². The first-order valence-corrected chi connectivity index (χ1v) is 8.70. The zero-order chi connectivity index (χ0) is 21.0. The number of rotatable bonds is 3. The highest BCUT2D eigenvalue weighted by Gasteiger charge is 2.09. The third kappa shape index (κ3) is 5.95. The number of hydrogen-bond donors (Lipinski definition) is 5. The second-order valence-electron chi connectivity index (χ2n) is 6.40. The minimum absolute atomic E-state index is 0. The monoisotopic (exact) mass is 426 g/mol. The Morgan fingerprint density at radius 2 is 1.42 bits per heavy atom. The van der Waals surface area contributed by atoms with Crippen molar-refractivity contribution in [3.05, 3.63) is 58.1 Å². The molecule has 0 radical (unpaired) electrons. The molecule has 4 aromatic heterocycles. The Morgan fingerprint density at radius 1 is 0.871 bits per heavy atom. The summed E-state index contributed by atoms with van der Waals surface area (Å²) in [6, 6.07) is 7.13. The van der Waals surface area contributed by atoms with Crippen LogP contribution in [-0.2, 0) is 0 Å². The number of methoxy groups -OCH3 is 1. The Balaban J connectivity index is 0.000000292. The maximum Gasteiger partial charge on any atom is 0.257 e. The van der Waals surface area contributed by atoms with Crippen molar-refractivity contribution in [2.24, 2.45) is 0 Å². The van der Waals surface area contributed by atoms with Gasteiger partial charge in [0, 0.05) is 24.5 Å². The molecule has 166 valence electrons. The molecule has 0 fully saturated rings. The Morgan fingerprint density at radius 3 is 1.94 bits per heavy atom. The van der Waals surface area contributed by atoms with E-state index in [4.69, 9.17) is 16.2 Å². The molecule has 4 heterocycles. The topological polar surface area (TPSA) is 164 Å². The lowest BCUT2D eigenvalue weighted by Gasteiger charge is -2.05. The Kier molecular flexibility index (Phi) is 8.55. The van der Waals surface area contributed by atoms with Crippen molar-refractivity contribution >= 4 is 11.6 Å². The summed E-state index contributed by atoms with van der Waals surface area (Å²) >= 11 is 0. The summed E-state index contributed by atoms with van der Waals surface area (Å²) in [5.74, 6) is 1.39. The second kappa shape index (κ2) is 10.6. The highest BCUT2D eigenvalue weighted by atomic mass is 16.5. The molecule has 0 amide bonds. The standard InChI is InChI=1S/C10H12N4O.C9H10N4O.2CH4/c1-6-3-7(10(15-2)12-5-6)8-4-9(11)14-13-8;1-5-2-6(9(14)11-4-5)7-3-8(10)13-12-7;;/h3-5H,1-2H3,(H3,11,13,14);2-4H,1H3,(H,11,14)(H3,10,12,13);2*1H4. The van der Waals surface area contributed by atoms with Gasteiger partial charge in [-0.3, -0.25) is 15.0 Å². The van der Waals surface area contributed by atoms with Crippen LogP contribution < -0.4 is 21.8 Å². The van der Waals surface area contributed by atoms with Crippen LogP contribution >= 0.6 is 0 Å². The van der Waals surface area contributed by atoms with E-state index in [1.807, 2.05) is 19.9 Å². The first-order chi connectivity index (χ1) is 13.9. The van der Waals surface area contributed by atoms with Gasteiger partial charge in [-0.25, -0.2) is 4.98 Å². The average Bonchev–Trinajstić information content (AvgIpc) is 3.32.